The summed E-state index contributed by atoms with van der Waals surface area (Å²) in [6, 6.07) is 6.88. The molecule has 1 saturated carbocycles. The summed E-state index contributed by atoms with van der Waals surface area (Å²) in [4.78, 5) is 0. The minimum atomic E-state index is -0.558. The van der Waals surface area contributed by atoms with Crippen molar-refractivity contribution >= 4 is 0 Å². The topological polar surface area (TPSA) is 32.3 Å². The Morgan fingerprint density at radius 3 is 2.67 bits per heavy atom. The zero-order valence-corrected chi connectivity index (χ0v) is 13.3. The number of rotatable bonds is 5. The summed E-state index contributed by atoms with van der Waals surface area (Å²) >= 11 is 0. The summed E-state index contributed by atoms with van der Waals surface area (Å²) in [7, 11) is 0. The van der Waals surface area contributed by atoms with Gasteiger partial charge in [-0.3, -0.25) is 0 Å². The summed E-state index contributed by atoms with van der Waals surface area (Å²) in [5, 5.41) is 14.2. The standard InChI is InChI=1S/C19H29NO/c1-19(21,18-8-3-2-4-9-18)14-20-13-15-10-11-16-6-5-7-17(16)12-15/h10-12,18,20-21H,2-9,13-14H2,1H3. The van der Waals surface area contributed by atoms with Crippen molar-refractivity contribution in [3.8, 4) is 0 Å². The number of aliphatic hydroxyl groups is 1. The van der Waals surface area contributed by atoms with E-state index in [1.165, 1.54) is 68.1 Å². The van der Waals surface area contributed by atoms with Crippen molar-refractivity contribution in [1.82, 2.24) is 5.32 Å². The van der Waals surface area contributed by atoms with E-state index in [2.05, 4.69) is 23.5 Å². The molecule has 1 aromatic rings. The van der Waals surface area contributed by atoms with Crippen LogP contribution in [0.15, 0.2) is 18.2 Å². The Morgan fingerprint density at radius 1 is 1.10 bits per heavy atom. The number of hydrogen-bond donors (Lipinski definition) is 2. The highest BCUT2D eigenvalue weighted by Crippen LogP contribution is 2.32. The van der Waals surface area contributed by atoms with E-state index in [4.69, 9.17) is 0 Å². The quantitative estimate of drug-likeness (QED) is 0.867. The normalized spacial score (nSPS) is 22.0. The van der Waals surface area contributed by atoms with Crippen molar-refractivity contribution in [3.05, 3.63) is 34.9 Å². The Hall–Kier alpha value is -0.860. The van der Waals surface area contributed by atoms with Crippen LogP contribution in [0.25, 0.3) is 0 Å². The van der Waals surface area contributed by atoms with Crippen molar-refractivity contribution in [2.24, 2.45) is 5.92 Å². The lowest BCUT2D eigenvalue weighted by molar-refractivity contribution is -0.0154. The first-order chi connectivity index (χ1) is 10.1. The monoisotopic (exact) mass is 287 g/mol. The summed E-state index contributed by atoms with van der Waals surface area (Å²) < 4.78 is 0. The van der Waals surface area contributed by atoms with Crippen LogP contribution in [-0.2, 0) is 19.4 Å². The Kier molecular flexibility index (Phi) is 4.66. The largest absolute Gasteiger partial charge is 0.389 e. The SMILES string of the molecule is CC(O)(CNCc1ccc2c(c1)CCC2)C1CCCCC1. The summed E-state index contributed by atoms with van der Waals surface area (Å²) in [5.74, 6) is 0.471. The Balaban J connectivity index is 1.51. The van der Waals surface area contributed by atoms with Crippen LogP contribution < -0.4 is 5.32 Å². The number of benzene rings is 1. The first-order valence-electron chi connectivity index (χ1n) is 8.69. The molecule has 0 heterocycles. The van der Waals surface area contributed by atoms with Gasteiger partial charge in [-0.1, -0.05) is 37.5 Å². The second kappa shape index (κ2) is 6.50. The van der Waals surface area contributed by atoms with Crippen molar-refractivity contribution in [2.45, 2.75) is 70.4 Å². The number of fused-ring (bicyclic) bond motifs is 1. The average Bonchev–Trinajstić information content (AvgIpc) is 2.95. The lowest BCUT2D eigenvalue weighted by atomic mass is 9.78. The molecule has 2 heteroatoms. The van der Waals surface area contributed by atoms with Crippen LogP contribution >= 0.6 is 0 Å². The van der Waals surface area contributed by atoms with E-state index in [0.717, 1.165) is 6.54 Å². The maximum Gasteiger partial charge on any atom is 0.0771 e. The molecule has 0 radical (unpaired) electrons. The van der Waals surface area contributed by atoms with Crippen LogP contribution in [0.3, 0.4) is 0 Å². The molecule has 3 rings (SSSR count). The maximum atomic E-state index is 10.7. The van der Waals surface area contributed by atoms with Gasteiger partial charge in [-0.15, -0.1) is 0 Å². The fourth-order valence-corrected chi connectivity index (χ4v) is 4.06. The van der Waals surface area contributed by atoms with Crippen molar-refractivity contribution < 1.29 is 5.11 Å². The van der Waals surface area contributed by atoms with Gasteiger partial charge in [-0.2, -0.15) is 0 Å². The second-order valence-electron chi connectivity index (χ2n) is 7.25. The molecule has 0 aromatic heterocycles. The third kappa shape index (κ3) is 3.67. The molecule has 0 bridgehead atoms. The van der Waals surface area contributed by atoms with Gasteiger partial charge >= 0.3 is 0 Å². The predicted octanol–water partition coefficient (Wildman–Crippen LogP) is 3.60. The molecular weight excluding hydrogens is 258 g/mol. The van der Waals surface area contributed by atoms with Crippen LogP contribution in [0, 0.1) is 5.92 Å². The molecule has 21 heavy (non-hydrogen) atoms. The minimum absolute atomic E-state index is 0.471. The van der Waals surface area contributed by atoms with Crippen molar-refractivity contribution in [2.75, 3.05) is 6.54 Å². The summed E-state index contributed by atoms with van der Waals surface area (Å²) in [6.07, 6.45) is 10.1. The molecule has 2 N–H and O–H groups in total. The van der Waals surface area contributed by atoms with Gasteiger partial charge < -0.3 is 10.4 Å². The molecule has 1 fully saturated rings. The van der Waals surface area contributed by atoms with Crippen LogP contribution in [0.4, 0.5) is 0 Å². The Labute approximate surface area is 129 Å². The molecule has 116 valence electrons. The van der Waals surface area contributed by atoms with Gasteiger partial charge in [0, 0.05) is 13.1 Å². The lowest BCUT2D eigenvalue weighted by Gasteiger charge is -2.35. The zero-order valence-electron chi connectivity index (χ0n) is 13.3. The number of hydrogen-bond acceptors (Lipinski definition) is 2. The van der Waals surface area contributed by atoms with Crippen LogP contribution in [0.5, 0.6) is 0 Å². The second-order valence-corrected chi connectivity index (χ2v) is 7.25. The third-order valence-electron chi connectivity index (χ3n) is 5.46. The molecule has 1 aromatic carbocycles. The highest BCUT2D eigenvalue weighted by atomic mass is 16.3. The van der Waals surface area contributed by atoms with E-state index in [9.17, 15) is 5.11 Å². The molecule has 1 unspecified atom stereocenters. The van der Waals surface area contributed by atoms with Gasteiger partial charge in [-0.05, 0) is 61.6 Å². The first kappa shape index (κ1) is 15.1. The zero-order chi connectivity index (χ0) is 14.7. The molecule has 2 aliphatic rings. The van der Waals surface area contributed by atoms with E-state index in [1.54, 1.807) is 0 Å². The minimum Gasteiger partial charge on any atom is -0.389 e. The Morgan fingerprint density at radius 2 is 1.86 bits per heavy atom. The average molecular weight is 287 g/mol. The molecule has 2 nitrogen and oxygen atoms in total. The highest BCUT2D eigenvalue weighted by Gasteiger charge is 2.32. The van der Waals surface area contributed by atoms with Gasteiger partial charge in [-0.25, -0.2) is 0 Å². The van der Waals surface area contributed by atoms with Gasteiger partial charge in [0.1, 0.15) is 0 Å². The van der Waals surface area contributed by atoms with Gasteiger partial charge in [0.2, 0.25) is 0 Å². The van der Waals surface area contributed by atoms with Gasteiger partial charge in [0.15, 0.2) is 0 Å². The molecule has 0 spiro atoms. The van der Waals surface area contributed by atoms with Crippen LogP contribution in [0.1, 0.15) is 62.1 Å². The predicted molar refractivity (Wildman–Crippen MR) is 87.4 cm³/mol. The van der Waals surface area contributed by atoms with E-state index in [1.807, 2.05) is 6.92 Å². The van der Waals surface area contributed by atoms with Crippen LogP contribution in [-0.4, -0.2) is 17.3 Å². The maximum absolute atomic E-state index is 10.7. The molecule has 0 aliphatic heterocycles. The lowest BCUT2D eigenvalue weighted by Crippen LogP contribution is -2.44. The summed E-state index contributed by atoms with van der Waals surface area (Å²) in [6.45, 7) is 3.59. The van der Waals surface area contributed by atoms with E-state index in [-0.39, 0.29) is 0 Å². The molecule has 1 atom stereocenters. The summed E-state index contributed by atoms with van der Waals surface area (Å²) in [5.41, 5.74) is 3.87. The smallest absolute Gasteiger partial charge is 0.0771 e. The molecular formula is C19H29NO. The van der Waals surface area contributed by atoms with Crippen LogP contribution in [0.2, 0.25) is 0 Å². The fraction of sp³-hybridized carbons (Fsp3) is 0.684. The van der Waals surface area contributed by atoms with Gasteiger partial charge in [0.05, 0.1) is 5.60 Å². The van der Waals surface area contributed by atoms with E-state index >= 15 is 0 Å². The van der Waals surface area contributed by atoms with Crippen molar-refractivity contribution in [1.29, 1.82) is 0 Å². The van der Waals surface area contributed by atoms with Gasteiger partial charge in [0.25, 0.3) is 0 Å². The fourth-order valence-electron chi connectivity index (χ4n) is 4.06. The molecule has 2 aliphatic carbocycles. The Bertz CT molecular complexity index is 474. The van der Waals surface area contributed by atoms with Crippen molar-refractivity contribution in [3.63, 3.8) is 0 Å². The number of nitrogens with one attached hydrogen (secondary N) is 1. The third-order valence-corrected chi connectivity index (χ3v) is 5.46. The molecule has 0 saturated heterocycles. The van der Waals surface area contributed by atoms with E-state index < -0.39 is 5.60 Å². The van der Waals surface area contributed by atoms with E-state index in [0.29, 0.717) is 12.5 Å². The first-order valence-corrected chi connectivity index (χ1v) is 8.69. The number of aryl methyl sites for hydroxylation is 2. The highest BCUT2D eigenvalue weighted by molar-refractivity contribution is 5.35. The molecule has 0 amide bonds.